The van der Waals surface area contributed by atoms with Crippen molar-refractivity contribution < 1.29 is 9.59 Å². The van der Waals surface area contributed by atoms with E-state index in [0.717, 1.165) is 11.1 Å². The minimum Gasteiger partial charge on any atom is -0.397 e. The Kier molecular flexibility index (Phi) is 2.42. The van der Waals surface area contributed by atoms with Crippen molar-refractivity contribution >= 4 is 23.1 Å². The van der Waals surface area contributed by atoms with Gasteiger partial charge >= 0.3 is 0 Å². The minimum absolute atomic E-state index is 0.00712. The van der Waals surface area contributed by atoms with Gasteiger partial charge in [0.2, 0.25) is 5.91 Å². The molecule has 2 rings (SSSR count). The minimum atomic E-state index is -0.162. The summed E-state index contributed by atoms with van der Waals surface area (Å²) in [5, 5.41) is 0. The van der Waals surface area contributed by atoms with Gasteiger partial charge in [0.25, 0.3) is 0 Å². The van der Waals surface area contributed by atoms with Crippen molar-refractivity contribution in [1.29, 1.82) is 0 Å². The summed E-state index contributed by atoms with van der Waals surface area (Å²) < 4.78 is 0. The second-order valence-electron chi connectivity index (χ2n) is 4.14. The van der Waals surface area contributed by atoms with Gasteiger partial charge in [-0.1, -0.05) is 6.07 Å². The molecule has 1 heterocycles. The summed E-state index contributed by atoms with van der Waals surface area (Å²) >= 11 is 0. The highest BCUT2D eigenvalue weighted by Gasteiger charge is 2.30. The number of nitrogens with zero attached hydrogens (tertiary/aromatic N) is 1. The van der Waals surface area contributed by atoms with Gasteiger partial charge in [0, 0.05) is 0 Å². The number of nitrogens with two attached hydrogens (primary N) is 1. The molecule has 2 N–H and O–H groups in total. The maximum absolute atomic E-state index is 11.7. The van der Waals surface area contributed by atoms with Gasteiger partial charge in [0.05, 0.1) is 24.3 Å². The summed E-state index contributed by atoms with van der Waals surface area (Å²) in [6.07, 6.45) is -0.00712. The van der Waals surface area contributed by atoms with Gasteiger partial charge in [0.15, 0.2) is 5.78 Å². The Morgan fingerprint density at radius 2 is 1.94 bits per heavy atom. The normalized spacial score (nSPS) is 16.0. The largest absolute Gasteiger partial charge is 0.397 e. The van der Waals surface area contributed by atoms with Gasteiger partial charge in [-0.2, -0.15) is 0 Å². The van der Waals surface area contributed by atoms with E-state index in [0.29, 0.717) is 11.4 Å². The van der Waals surface area contributed by atoms with E-state index < -0.39 is 0 Å². The van der Waals surface area contributed by atoms with E-state index in [1.54, 1.807) is 6.07 Å². The van der Waals surface area contributed by atoms with Crippen molar-refractivity contribution in [1.82, 2.24) is 0 Å². The van der Waals surface area contributed by atoms with Crippen LogP contribution in [-0.2, 0) is 9.59 Å². The number of amides is 1. The van der Waals surface area contributed by atoms with Crippen LogP contribution in [0.4, 0.5) is 11.4 Å². The quantitative estimate of drug-likeness (QED) is 0.569. The number of benzene rings is 1. The van der Waals surface area contributed by atoms with E-state index in [1.807, 2.05) is 19.9 Å². The fourth-order valence-corrected chi connectivity index (χ4v) is 1.97. The first-order valence-corrected chi connectivity index (χ1v) is 5.18. The topological polar surface area (TPSA) is 63.4 Å². The monoisotopic (exact) mass is 218 g/mol. The smallest absolute Gasteiger partial charge is 0.234 e. The van der Waals surface area contributed by atoms with E-state index in [2.05, 4.69) is 0 Å². The van der Waals surface area contributed by atoms with Crippen LogP contribution in [0.5, 0.6) is 0 Å². The summed E-state index contributed by atoms with van der Waals surface area (Å²) in [6.45, 7) is 4.02. The standard InChI is InChI=1S/C12H14N2O2/c1-7-3-4-10(13)12(8(7)2)14-6-9(15)5-11(14)16/h3-4H,5-6,13H2,1-2H3. The van der Waals surface area contributed by atoms with Crippen LogP contribution >= 0.6 is 0 Å². The Morgan fingerprint density at radius 3 is 2.50 bits per heavy atom. The van der Waals surface area contributed by atoms with Gasteiger partial charge in [0.1, 0.15) is 0 Å². The van der Waals surface area contributed by atoms with Gasteiger partial charge in [-0.15, -0.1) is 0 Å². The highest BCUT2D eigenvalue weighted by Crippen LogP contribution is 2.32. The molecule has 1 fully saturated rings. The Bertz CT molecular complexity index is 480. The lowest BCUT2D eigenvalue weighted by molar-refractivity contribution is -0.121. The summed E-state index contributed by atoms with van der Waals surface area (Å²) in [6, 6.07) is 3.68. The third kappa shape index (κ3) is 1.56. The van der Waals surface area contributed by atoms with Crippen molar-refractivity contribution in [3.05, 3.63) is 23.3 Å². The molecule has 4 heteroatoms. The molecule has 1 saturated heterocycles. The molecule has 0 unspecified atom stereocenters. The van der Waals surface area contributed by atoms with Crippen molar-refractivity contribution in [2.45, 2.75) is 20.3 Å². The van der Waals surface area contributed by atoms with Crippen LogP contribution in [0.3, 0.4) is 0 Å². The third-order valence-corrected chi connectivity index (χ3v) is 2.99. The van der Waals surface area contributed by atoms with Crippen molar-refractivity contribution in [3.63, 3.8) is 0 Å². The van der Waals surface area contributed by atoms with E-state index in [4.69, 9.17) is 5.73 Å². The van der Waals surface area contributed by atoms with Crippen LogP contribution in [-0.4, -0.2) is 18.2 Å². The predicted octanol–water partition coefficient (Wildman–Crippen LogP) is 1.19. The molecule has 0 aliphatic carbocycles. The predicted molar refractivity (Wildman–Crippen MR) is 62.3 cm³/mol. The molecule has 1 amide bonds. The van der Waals surface area contributed by atoms with E-state index in [9.17, 15) is 9.59 Å². The molecule has 1 aromatic carbocycles. The molecule has 1 aliphatic heterocycles. The zero-order valence-corrected chi connectivity index (χ0v) is 9.41. The number of carbonyl (C=O) groups excluding carboxylic acids is 2. The summed E-state index contributed by atoms with van der Waals surface area (Å²) in [4.78, 5) is 24.4. The molecule has 0 atom stereocenters. The second kappa shape index (κ2) is 3.63. The number of nitrogen functional groups attached to an aromatic ring is 1. The Morgan fingerprint density at radius 1 is 1.25 bits per heavy atom. The molecular weight excluding hydrogens is 204 g/mol. The molecule has 4 nitrogen and oxygen atoms in total. The van der Waals surface area contributed by atoms with Gasteiger partial charge in [-0.25, -0.2) is 0 Å². The Balaban J connectivity index is 2.52. The van der Waals surface area contributed by atoms with Crippen molar-refractivity contribution in [3.8, 4) is 0 Å². The number of rotatable bonds is 1. The summed E-state index contributed by atoms with van der Waals surface area (Å²) in [5.74, 6) is -0.212. The molecule has 16 heavy (non-hydrogen) atoms. The number of aryl methyl sites for hydroxylation is 1. The molecule has 0 radical (unpaired) electrons. The number of carbonyl (C=O) groups is 2. The van der Waals surface area contributed by atoms with Gasteiger partial charge in [-0.3, -0.25) is 9.59 Å². The van der Waals surface area contributed by atoms with Crippen LogP contribution in [0, 0.1) is 13.8 Å². The molecule has 1 aromatic rings. The number of ketones is 1. The van der Waals surface area contributed by atoms with E-state index >= 15 is 0 Å². The van der Waals surface area contributed by atoms with Crippen LogP contribution in [0.1, 0.15) is 17.5 Å². The first-order chi connectivity index (χ1) is 7.50. The number of hydrogen-bond donors (Lipinski definition) is 1. The van der Waals surface area contributed by atoms with Crippen LogP contribution < -0.4 is 10.6 Å². The first kappa shape index (κ1) is 10.7. The molecule has 1 aliphatic rings. The third-order valence-electron chi connectivity index (χ3n) is 2.99. The summed E-state index contributed by atoms with van der Waals surface area (Å²) in [5.41, 5.74) is 9.14. The molecule has 84 valence electrons. The van der Waals surface area contributed by atoms with Crippen LogP contribution in [0.2, 0.25) is 0 Å². The molecule has 0 bridgehead atoms. The fraction of sp³-hybridized carbons (Fsp3) is 0.333. The average molecular weight is 218 g/mol. The number of anilines is 2. The van der Waals surface area contributed by atoms with Crippen LogP contribution in [0.25, 0.3) is 0 Å². The van der Waals surface area contributed by atoms with E-state index in [-0.39, 0.29) is 24.7 Å². The molecule has 0 aromatic heterocycles. The first-order valence-electron chi connectivity index (χ1n) is 5.18. The highest BCUT2D eigenvalue weighted by atomic mass is 16.2. The lowest BCUT2D eigenvalue weighted by atomic mass is 10.1. The highest BCUT2D eigenvalue weighted by molar-refractivity contribution is 6.16. The SMILES string of the molecule is Cc1ccc(N)c(N2CC(=O)CC2=O)c1C. The van der Waals surface area contributed by atoms with Crippen molar-refractivity contribution in [2.75, 3.05) is 17.2 Å². The Labute approximate surface area is 94.0 Å². The number of Topliss-reactive ketones (excluding diaryl/α,β-unsaturated/α-hetero) is 1. The summed E-state index contributed by atoms with van der Waals surface area (Å²) in [7, 11) is 0. The zero-order valence-electron chi connectivity index (χ0n) is 9.41. The Hall–Kier alpha value is -1.84. The molecular formula is C12H14N2O2. The molecule has 0 saturated carbocycles. The van der Waals surface area contributed by atoms with Gasteiger partial charge < -0.3 is 10.6 Å². The maximum atomic E-state index is 11.7. The van der Waals surface area contributed by atoms with Crippen LogP contribution in [0.15, 0.2) is 12.1 Å². The average Bonchev–Trinajstić information content (AvgIpc) is 2.53. The molecule has 0 spiro atoms. The van der Waals surface area contributed by atoms with Crippen molar-refractivity contribution in [2.24, 2.45) is 0 Å². The fourth-order valence-electron chi connectivity index (χ4n) is 1.97. The zero-order chi connectivity index (χ0) is 11.9. The second-order valence-corrected chi connectivity index (χ2v) is 4.14. The van der Waals surface area contributed by atoms with E-state index in [1.165, 1.54) is 4.90 Å². The maximum Gasteiger partial charge on any atom is 0.234 e. The lowest BCUT2D eigenvalue weighted by Gasteiger charge is -2.20. The number of hydrogen-bond acceptors (Lipinski definition) is 3. The van der Waals surface area contributed by atoms with Gasteiger partial charge in [-0.05, 0) is 31.0 Å². The lowest BCUT2D eigenvalue weighted by Crippen LogP contribution is -2.26.